The third-order valence-corrected chi connectivity index (χ3v) is 6.50. The number of hydrogen-bond donors (Lipinski definition) is 1. The molecule has 1 saturated heterocycles. The van der Waals surface area contributed by atoms with E-state index in [4.69, 9.17) is 0 Å². The van der Waals surface area contributed by atoms with Gasteiger partial charge in [0.15, 0.2) is 0 Å². The zero-order chi connectivity index (χ0) is 23.1. The summed E-state index contributed by atoms with van der Waals surface area (Å²) in [5, 5.41) is 9.27. The number of nitrogens with one attached hydrogen (secondary N) is 1. The predicted molar refractivity (Wildman–Crippen MR) is 131 cm³/mol. The van der Waals surface area contributed by atoms with Gasteiger partial charge in [0.2, 0.25) is 0 Å². The number of piperazine rings is 1. The summed E-state index contributed by atoms with van der Waals surface area (Å²) in [5.41, 5.74) is 2.41. The number of amides is 1. The maximum absolute atomic E-state index is 13.0. The van der Waals surface area contributed by atoms with Crippen LogP contribution in [0.2, 0.25) is 0 Å². The van der Waals surface area contributed by atoms with Gasteiger partial charge in [0.25, 0.3) is 5.91 Å². The Kier molecular flexibility index (Phi) is 5.18. The van der Waals surface area contributed by atoms with Gasteiger partial charge >= 0.3 is 0 Å². The van der Waals surface area contributed by atoms with Crippen LogP contribution in [0.5, 0.6) is 0 Å². The highest BCUT2D eigenvalue weighted by Gasteiger charge is 2.24. The average molecular weight is 455 g/mol. The van der Waals surface area contributed by atoms with Gasteiger partial charge in [-0.3, -0.25) is 14.5 Å². The third-order valence-electron chi connectivity index (χ3n) is 6.50. The van der Waals surface area contributed by atoms with Gasteiger partial charge in [-0.1, -0.05) is 0 Å². The van der Waals surface area contributed by atoms with E-state index in [1.54, 1.807) is 18.5 Å². The molecule has 0 unspecified atom stereocenters. The van der Waals surface area contributed by atoms with E-state index in [9.17, 15) is 4.79 Å². The lowest BCUT2D eigenvalue weighted by atomic mass is 10.1. The smallest absolute Gasteiger partial charge is 0.257 e. The minimum atomic E-state index is -0.204. The van der Waals surface area contributed by atoms with Crippen LogP contribution in [-0.2, 0) is 0 Å². The van der Waals surface area contributed by atoms with E-state index in [1.807, 2.05) is 35.3 Å². The van der Waals surface area contributed by atoms with Crippen molar-refractivity contribution < 1.29 is 4.79 Å². The van der Waals surface area contributed by atoms with Crippen LogP contribution in [0.1, 0.15) is 29.2 Å². The summed E-state index contributed by atoms with van der Waals surface area (Å²) in [6.45, 7) is 3.77. The summed E-state index contributed by atoms with van der Waals surface area (Å²) in [4.78, 5) is 30.9. The molecular weight excluding hydrogens is 428 g/mol. The first-order valence-electron chi connectivity index (χ1n) is 11.6. The fourth-order valence-electron chi connectivity index (χ4n) is 4.23. The Labute approximate surface area is 197 Å². The number of carbonyl (C=O) groups is 1. The molecule has 0 aromatic carbocycles. The van der Waals surface area contributed by atoms with Crippen molar-refractivity contribution in [2.45, 2.75) is 18.9 Å². The van der Waals surface area contributed by atoms with Gasteiger partial charge in [-0.05, 0) is 49.5 Å². The second kappa shape index (κ2) is 8.49. The molecule has 0 atom stereocenters. The first kappa shape index (κ1) is 20.7. The average Bonchev–Trinajstić information content (AvgIpc) is 3.60. The highest BCUT2D eigenvalue weighted by molar-refractivity contribution is 6.05. The minimum Gasteiger partial charge on any atom is -0.354 e. The Hall–Kier alpha value is -3.85. The number of carbonyl (C=O) groups excluding carboxylic acids is 1. The summed E-state index contributed by atoms with van der Waals surface area (Å²) in [7, 11) is 2.12. The molecule has 9 nitrogen and oxygen atoms in total. The number of anilines is 2. The summed E-state index contributed by atoms with van der Waals surface area (Å²) in [5.74, 6) is 1.13. The van der Waals surface area contributed by atoms with E-state index in [1.165, 1.54) is 12.8 Å². The number of likely N-dealkylation sites (N-methyl/N-ethyl adjacent to an activating group) is 1. The molecule has 2 aliphatic rings. The molecule has 9 heteroatoms. The molecule has 4 aromatic rings. The lowest BCUT2D eigenvalue weighted by Crippen LogP contribution is -2.44. The van der Waals surface area contributed by atoms with Crippen LogP contribution in [0.4, 0.5) is 11.6 Å². The van der Waals surface area contributed by atoms with Gasteiger partial charge in [0.05, 0.1) is 17.9 Å². The van der Waals surface area contributed by atoms with Crippen molar-refractivity contribution in [2.75, 3.05) is 43.4 Å². The topological polar surface area (TPSA) is 92.1 Å². The predicted octanol–water partition coefficient (Wildman–Crippen LogP) is 3.23. The fourth-order valence-corrected chi connectivity index (χ4v) is 4.23. The zero-order valence-corrected chi connectivity index (χ0v) is 19.1. The standard InChI is InChI=1S/C25H26N8O/c1-31-6-8-32(9-7-31)24-12-17(4-5-26-24)25(34)30-23-11-18-10-22(27-13-19(18)14-28-23)20-15-29-33(16-20)21-2-3-21/h4-5,10-16,21H,2-3,6-9H2,1H3,(H,28,30,34). The second-order valence-electron chi connectivity index (χ2n) is 9.07. The van der Waals surface area contributed by atoms with Gasteiger partial charge in [-0.15, -0.1) is 0 Å². The molecule has 172 valence electrons. The monoisotopic (exact) mass is 454 g/mol. The summed E-state index contributed by atoms with van der Waals surface area (Å²) in [6, 6.07) is 8.01. The van der Waals surface area contributed by atoms with Crippen LogP contribution < -0.4 is 10.2 Å². The lowest BCUT2D eigenvalue weighted by Gasteiger charge is -2.33. The van der Waals surface area contributed by atoms with E-state index in [0.29, 0.717) is 17.4 Å². The van der Waals surface area contributed by atoms with E-state index in [2.05, 4.69) is 48.4 Å². The molecule has 5 heterocycles. The van der Waals surface area contributed by atoms with Crippen molar-refractivity contribution in [1.29, 1.82) is 0 Å². The molecule has 1 N–H and O–H groups in total. The molecule has 1 amide bonds. The van der Waals surface area contributed by atoms with Crippen molar-refractivity contribution in [2.24, 2.45) is 0 Å². The van der Waals surface area contributed by atoms with E-state index >= 15 is 0 Å². The van der Waals surface area contributed by atoms with Crippen molar-refractivity contribution in [3.63, 3.8) is 0 Å². The molecule has 1 aliphatic carbocycles. The van der Waals surface area contributed by atoms with Crippen LogP contribution in [0.15, 0.2) is 55.2 Å². The molecular formula is C25H26N8O. The molecule has 0 spiro atoms. The van der Waals surface area contributed by atoms with Crippen molar-refractivity contribution >= 4 is 28.3 Å². The molecule has 2 fully saturated rings. The highest BCUT2D eigenvalue weighted by atomic mass is 16.1. The van der Waals surface area contributed by atoms with E-state index in [0.717, 1.165) is 54.0 Å². The van der Waals surface area contributed by atoms with Crippen LogP contribution in [-0.4, -0.2) is 68.8 Å². The van der Waals surface area contributed by atoms with Crippen molar-refractivity contribution in [3.8, 4) is 11.3 Å². The number of aromatic nitrogens is 5. The molecule has 6 rings (SSSR count). The summed E-state index contributed by atoms with van der Waals surface area (Å²) < 4.78 is 2.02. The summed E-state index contributed by atoms with van der Waals surface area (Å²) in [6.07, 6.45) is 11.5. The van der Waals surface area contributed by atoms with Crippen LogP contribution in [0.3, 0.4) is 0 Å². The van der Waals surface area contributed by atoms with Gasteiger partial charge in [-0.25, -0.2) is 9.97 Å². The maximum atomic E-state index is 13.0. The first-order chi connectivity index (χ1) is 16.6. The zero-order valence-electron chi connectivity index (χ0n) is 19.1. The molecule has 4 aromatic heterocycles. The minimum absolute atomic E-state index is 0.204. The molecule has 1 aliphatic heterocycles. The molecule has 34 heavy (non-hydrogen) atoms. The maximum Gasteiger partial charge on any atom is 0.257 e. The molecule has 1 saturated carbocycles. The lowest BCUT2D eigenvalue weighted by molar-refractivity contribution is 0.102. The normalized spacial score (nSPS) is 16.7. The highest BCUT2D eigenvalue weighted by Crippen LogP contribution is 2.35. The Bertz CT molecular complexity index is 1350. The molecule has 0 radical (unpaired) electrons. The van der Waals surface area contributed by atoms with E-state index < -0.39 is 0 Å². The largest absolute Gasteiger partial charge is 0.354 e. The SMILES string of the molecule is CN1CCN(c2cc(C(=O)Nc3cc4cc(-c5cnn(C6CC6)c5)ncc4cn3)ccn2)CC1. The number of rotatable bonds is 5. The first-order valence-corrected chi connectivity index (χ1v) is 11.6. The van der Waals surface area contributed by atoms with Gasteiger partial charge in [-0.2, -0.15) is 5.10 Å². The Morgan fingerprint density at radius 1 is 0.971 bits per heavy atom. The number of fused-ring (bicyclic) bond motifs is 1. The number of hydrogen-bond acceptors (Lipinski definition) is 7. The summed E-state index contributed by atoms with van der Waals surface area (Å²) >= 11 is 0. The number of pyridine rings is 3. The van der Waals surface area contributed by atoms with Crippen molar-refractivity contribution in [3.05, 3.63) is 60.8 Å². The number of nitrogens with zero attached hydrogens (tertiary/aromatic N) is 7. The van der Waals surface area contributed by atoms with Gasteiger partial charge in [0, 0.05) is 67.5 Å². The molecule has 0 bridgehead atoms. The van der Waals surface area contributed by atoms with Crippen molar-refractivity contribution in [1.82, 2.24) is 29.6 Å². The van der Waals surface area contributed by atoms with Gasteiger partial charge < -0.3 is 15.1 Å². The van der Waals surface area contributed by atoms with Crippen LogP contribution >= 0.6 is 0 Å². The quantitative estimate of drug-likeness (QED) is 0.495. The Morgan fingerprint density at radius 3 is 2.62 bits per heavy atom. The second-order valence-corrected chi connectivity index (χ2v) is 9.07. The Morgan fingerprint density at radius 2 is 1.79 bits per heavy atom. The van der Waals surface area contributed by atoms with Crippen LogP contribution in [0, 0.1) is 0 Å². The Balaban J connectivity index is 1.21. The fraction of sp³-hybridized carbons (Fsp3) is 0.320. The third kappa shape index (κ3) is 4.22. The van der Waals surface area contributed by atoms with Crippen LogP contribution in [0.25, 0.3) is 22.0 Å². The van der Waals surface area contributed by atoms with E-state index in [-0.39, 0.29) is 5.91 Å². The van der Waals surface area contributed by atoms with Gasteiger partial charge in [0.1, 0.15) is 11.6 Å².